The summed E-state index contributed by atoms with van der Waals surface area (Å²) < 4.78 is 0. The SMILES string of the molecule is Cc1ccc(-c2c(Cl)nc(C)nc2NC2CCCC2)cc1.Cc1ccc(-c2cnc(C)nc2NC2CCCC2)cc1. The summed E-state index contributed by atoms with van der Waals surface area (Å²) in [5, 5.41) is 7.70. The van der Waals surface area contributed by atoms with E-state index in [-0.39, 0.29) is 0 Å². The van der Waals surface area contributed by atoms with Gasteiger partial charge in [0.2, 0.25) is 0 Å². The van der Waals surface area contributed by atoms with Crippen molar-refractivity contribution in [1.29, 1.82) is 0 Å². The van der Waals surface area contributed by atoms with Crippen molar-refractivity contribution in [2.75, 3.05) is 10.6 Å². The number of anilines is 2. The van der Waals surface area contributed by atoms with E-state index >= 15 is 0 Å². The second-order valence-electron chi connectivity index (χ2n) is 11.4. The average Bonchev–Trinajstić information content (AvgIpc) is 3.65. The molecule has 2 saturated carbocycles. The molecule has 0 saturated heterocycles. The maximum Gasteiger partial charge on any atom is 0.142 e. The Hall–Kier alpha value is -3.51. The number of halogens is 1. The Morgan fingerprint density at radius 1 is 0.610 bits per heavy atom. The van der Waals surface area contributed by atoms with E-state index in [9.17, 15) is 0 Å². The Morgan fingerprint density at radius 3 is 1.66 bits per heavy atom. The Balaban J connectivity index is 0.000000165. The van der Waals surface area contributed by atoms with E-state index in [1.807, 2.05) is 20.0 Å². The van der Waals surface area contributed by atoms with Gasteiger partial charge in [-0.15, -0.1) is 0 Å². The van der Waals surface area contributed by atoms with Gasteiger partial charge in [-0.1, -0.05) is 96.9 Å². The van der Waals surface area contributed by atoms with E-state index in [2.05, 4.69) is 92.9 Å². The molecule has 214 valence electrons. The van der Waals surface area contributed by atoms with Crippen molar-refractivity contribution >= 4 is 23.2 Å². The highest BCUT2D eigenvalue weighted by molar-refractivity contribution is 6.32. The molecule has 0 atom stereocenters. The number of aromatic nitrogens is 4. The minimum absolute atomic E-state index is 0.500. The van der Waals surface area contributed by atoms with Crippen LogP contribution in [0.25, 0.3) is 22.3 Å². The molecule has 2 aliphatic carbocycles. The average molecular weight is 569 g/mol. The smallest absolute Gasteiger partial charge is 0.142 e. The lowest BCUT2D eigenvalue weighted by atomic mass is 10.1. The van der Waals surface area contributed by atoms with Crippen LogP contribution in [0.15, 0.2) is 54.7 Å². The third kappa shape index (κ3) is 7.62. The molecule has 0 bridgehead atoms. The number of nitrogens with zero attached hydrogens (tertiary/aromatic N) is 4. The molecule has 0 spiro atoms. The van der Waals surface area contributed by atoms with Gasteiger partial charge in [-0.25, -0.2) is 19.9 Å². The third-order valence-corrected chi connectivity index (χ3v) is 8.25. The van der Waals surface area contributed by atoms with E-state index in [1.54, 1.807) is 0 Å². The first kappa shape index (κ1) is 29.0. The summed E-state index contributed by atoms with van der Waals surface area (Å²) in [6, 6.07) is 17.9. The molecule has 2 N–H and O–H groups in total. The van der Waals surface area contributed by atoms with Crippen LogP contribution < -0.4 is 10.6 Å². The van der Waals surface area contributed by atoms with Gasteiger partial charge in [0, 0.05) is 23.8 Å². The maximum atomic E-state index is 6.40. The molecule has 6 nitrogen and oxygen atoms in total. The van der Waals surface area contributed by atoms with Gasteiger partial charge in [0.05, 0.1) is 5.56 Å². The summed E-state index contributed by atoms with van der Waals surface area (Å²) in [4.78, 5) is 17.9. The monoisotopic (exact) mass is 568 g/mol. The predicted molar refractivity (Wildman–Crippen MR) is 171 cm³/mol. The molecular weight excluding hydrogens is 528 g/mol. The van der Waals surface area contributed by atoms with Gasteiger partial charge in [-0.2, -0.15) is 0 Å². The lowest BCUT2D eigenvalue weighted by Crippen LogP contribution is -2.17. The Morgan fingerprint density at radius 2 is 1.10 bits per heavy atom. The molecule has 2 heterocycles. The molecular formula is C34H41ClN6. The minimum Gasteiger partial charge on any atom is -0.367 e. The lowest BCUT2D eigenvalue weighted by Gasteiger charge is -2.17. The summed E-state index contributed by atoms with van der Waals surface area (Å²) in [6.07, 6.45) is 12.0. The lowest BCUT2D eigenvalue weighted by molar-refractivity contribution is 0.749. The fraction of sp³-hybridized carbons (Fsp3) is 0.412. The number of rotatable bonds is 6. The molecule has 0 aliphatic heterocycles. The molecule has 6 rings (SSSR count). The molecule has 4 aromatic rings. The van der Waals surface area contributed by atoms with Gasteiger partial charge in [0.15, 0.2) is 0 Å². The number of benzene rings is 2. The van der Waals surface area contributed by atoms with Crippen LogP contribution in [0, 0.1) is 27.7 Å². The van der Waals surface area contributed by atoms with Crippen LogP contribution in [-0.4, -0.2) is 32.0 Å². The first-order chi connectivity index (χ1) is 19.9. The molecule has 0 amide bonds. The first-order valence-corrected chi connectivity index (χ1v) is 15.3. The van der Waals surface area contributed by atoms with Crippen molar-refractivity contribution in [3.63, 3.8) is 0 Å². The van der Waals surface area contributed by atoms with Gasteiger partial charge in [-0.3, -0.25) is 0 Å². The van der Waals surface area contributed by atoms with Crippen molar-refractivity contribution in [1.82, 2.24) is 19.9 Å². The van der Waals surface area contributed by atoms with Crippen molar-refractivity contribution in [3.05, 3.63) is 82.7 Å². The number of hydrogen-bond donors (Lipinski definition) is 2. The van der Waals surface area contributed by atoms with Gasteiger partial charge in [-0.05, 0) is 64.5 Å². The normalized spacial score (nSPS) is 15.4. The topological polar surface area (TPSA) is 75.6 Å². The molecule has 2 aromatic carbocycles. The van der Waals surface area contributed by atoms with Gasteiger partial charge >= 0.3 is 0 Å². The van der Waals surface area contributed by atoms with Crippen LogP contribution in [0.3, 0.4) is 0 Å². The van der Waals surface area contributed by atoms with Crippen molar-refractivity contribution in [2.45, 2.75) is 91.1 Å². The van der Waals surface area contributed by atoms with Gasteiger partial charge < -0.3 is 10.6 Å². The molecule has 2 aliphatic rings. The zero-order valence-corrected chi connectivity index (χ0v) is 25.4. The first-order valence-electron chi connectivity index (χ1n) is 14.9. The van der Waals surface area contributed by atoms with Crippen molar-refractivity contribution in [2.24, 2.45) is 0 Å². The fourth-order valence-corrected chi connectivity index (χ4v) is 5.99. The molecule has 0 unspecified atom stereocenters. The van der Waals surface area contributed by atoms with Crippen molar-refractivity contribution < 1.29 is 0 Å². The van der Waals surface area contributed by atoms with Crippen LogP contribution >= 0.6 is 11.6 Å². The van der Waals surface area contributed by atoms with Crippen LogP contribution in [0.2, 0.25) is 5.15 Å². The van der Waals surface area contributed by atoms with Crippen LogP contribution in [0.1, 0.15) is 74.1 Å². The number of nitrogens with one attached hydrogen (secondary N) is 2. The van der Waals surface area contributed by atoms with Crippen LogP contribution in [0.5, 0.6) is 0 Å². The molecule has 0 radical (unpaired) electrons. The third-order valence-electron chi connectivity index (χ3n) is 7.98. The minimum atomic E-state index is 0.500. The second-order valence-corrected chi connectivity index (χ2v) is 11.8. The molecule has 2 fully saturated rings. The highest BCUT2D eigenvalue weighted by Gasteiger charge is 2.20. The van der Waals surface area contributed by atoms with E-state index in [0.29, 0.717) is 23.1 Å². The van der Waals surface area contributed by atoms with E-state index in [4.69, 9.17) is 11.6 Å². The summed E-state index contributed by atoms with van der Waals surface area (Å²) >= 11 is 6.40. The highest BCUT2D eigenvalue weighted by Crippen LogP contribution is 2.35. The Kier molecular flexibility index (Phi) is 9.50. The number of hydrogen-bond acceptors (Lipinski definition) is 6. The predicted octanol–water partition coefficient (Wildman–Crippen LogP) is 8.88. The van der Waals surface area contributed by atoms with E-state index in [1.165, 1.54) is 68.1 Å². The van der Waals surface area contributed by atoms with Crippen molar-refractivity contribution in [3.8, 4) is 22.3 Å². The number of aryl methyl sites for hydroxylation is 4. The maximum absolute atomic E-state index is 6.40. The quantitative estimate of drug-likeness (QED) is 0.226. The highest BCUT2D eigenvalue weighted by atomic mass is 35.5. The zero-order valence-electron chi connectivity index (χ0n) is 24.7. The van der Waals surface area contributed by atoms with Gasteiger partial charge in [0.1, 0.15) is 28.4 Å². The zero-order chi connectivity index (χ0) is 28.8. The molecule has 41 heavy (non-hydrogen) atoms. The van der Waals surface area contributed by atoms with E-state index < -0.39 is 0 Å². The van der Waals surface area contributed by atoms with E-state index in [0.717, 1.165) is 34.2 Å². The van der Waals surface area contributed by atoms with Crippen LogP contribution in [0.4, 0.5) is 11.6 Å². The summed E-state index contributed by atoms with van der Waals surface area (Å²) in [7, 11) is 0. The second kappa shape index (κ2) is 13.4. The standard InChI is InChI=1S/C17H20ClN3.C17H21N3/c1-11-7-9-13(10-8-11)15-16(18)19-12(2)20-17(15)21-14-5-3-4-6-14;1-12-7-9-14(10-8-12)16-11-18-13(2)19-17(16)20-15-5-3-4-6-15/h7-10,14H,3-6H2,1-2H3,(H,19,20,21);7-11,15H,3-6H2,1-2H3,(H,18,19,20). The Labute approximate surface area is 249 Å². The van der Waals surface area contributed by atoms with Crippen LogP contribution in [-0.2, 0) is 0 Å². The summed E-state index contributed by atoms with van der Waals surface area (Å²) in [5.41, 5.74) is 6.75. The Bertz CT molecular complexity index is 1440. The molecule has 2 aromatic heterocycles. The molecule has 7 heteroatoms. The van der Waals surface area contributed by atoms with Gasteiger partial charge in [0.25, 0.3) is 0 Å². The fourth-order valence-electron chi connectivity index (χ4n) is 5.67. The summed E-state index contributed by atoms with van der Waals surface area (Å²) in [5.74, 6) is 3.37. The summed E-state index contributed by atoms with van der Waals surface area (Å²) in [6.45, 7) is 8.01. The largest absolute Gasteiger partial charge is 0.367 e.